The number of amides is 2. The molecule has 2 amide bonds. The molecule has 0 fully saturated rings. The summed E-state index contributed by atoms with van der Waals surface area (Å²) < 4.78 is 12.2. The molecule has 9 heteroatoms. The minimum atomic E-state index is -0.758. The summed E-state index contributed by atoms with van der Waals surface area (Å²) in [6.45, 7) is 4.39. The number of imide groups is 1. The first-order valence-corrected chi connectivity index (χ1v) is 10.9. The van der Waals surface area contributed by atoms with Crippen LogP contribution in [0.1, 0.15) is 25.2 Å². The summed E-state index contributed by atoms with van der Waals surface area (Å²) in [5.74, 6) is 1.05. The van der Waals surface area contributed by atoms with Crippen LogP contribution in [0.5, 0.6) is 5.75 Å². The molecule has 31 heavy (non-hydrogen) atoms. The molecule has 0 spiro atoms. The predicted molar refractivity (Wildman–Crippen MR) is 118 cm³/mol. The molecular formula is C22H24N4O4S. The summed E-state index contributed by atoms with van der Waals surface area (Å²) in [5, 5.41) is 11.4. The third-order valence-electron chi connectivity index (χ3n) is 4.16. The summed E-state index contributed by atoms with van der Waals surface area (Å²) in [4.78, 5) is 23.5. The number of hydrogen-bond acceptors (Lipinski definition) is 7. The zero-order valence-corrected chi connectivity index (χ0v) is 18.2. The highest BCUT2D eigenvalue weighted by Gasteiger charge is 2.17. The second-order valence-electron chi connectivity index (χ2n) is 6.38. The lowest BCUT2D eigenvalue weighted by molar-refractivity contribution is -0.117. The SMILES string of the molecule is CCOC(=O)NC(=O)CSc1nnc(Cc2ccccc2)n1-c1ccc(OCC)cc1. The third-order valence-corrected chi connectivity index (χ3v) is 5.09. The van der Waals surface area contributed by atoms with Gasteiger partial charge in [-0.3, -0.25) is 14.7 Å². The van der Waals surface area contributed by atoms with E-state index in [1.54, 1.807) is 6.92 Å². The molecule has 0 aliphatic rings. The first kappa shape index (κ1) is 22.4. The Morgan fingerprint density at radius 3 is 2.42 bits per heavy atom. The number of nitrogens with one attached hydrogen (secondary N) is 1. The number of carbonyl (C=O) groups excluding carboxylic acids is 2. The minimum Gasteiger partial charge on any atom is -0.494 e. The van der Waals surface area contributed by atoms with Gasteiger partial charge in [-0.2, -0.15) is 0 Å². The van der Waals surface area contributed by atoms with Crippen LogP contribution in [0, 0.1) is 0 Å². The van der Waals surface area contributed by atoms with E-state index in [-0.39, 0.29) is 12.4 Å². The molecule has 8 nitrogen and oxygen atoms in total. The van der Waals surface area contributed by atoms with Crippen LogP contribution in [-0.4, -0.2) is 45.7 Å². The third kappa shape index (κ3) is 6.32. The van der Waals surface area contributed by atoms with Gasteiger partial charge in [0.2, 0.25) is 5.91 Å². The van der Waals surface area contributed by atoms with E-state index in [1.165, 1.54) is 11.8 Å². The number of thioether (sulfide) groups is 1. The minimum absolute atomic E-state index is 0.000681. The summed E-state index contributed by atoms with van der Waals surface area (Å²) in [5.41, 5.74) is 1.95. The number of carbonyl (C=O) groups is 2. The highest BCUT2D eigenvalue weighted by molar-refractivity contribution is 7.99. The molecule has 1 aromatic heterocycles. The molecule has 0 atom stereocenters. The smallest absolute Gasteiger partial charge is 0.413 e. The first-order chi connectivity index (χ1) is 15.1. The second kappa shape index (κ2) is 11.2. The Balaban J connectivity index is 1.83. The van der Waals surface area contributed by atoms with Crippen LogP contribution in [-0.2, 0) is 16.0 Å². The van der Waals surface area contributed by atoms with E-state index >= 15 is 0 Å². The number of alkyl carbamates (subject to hydrolysis) is 1. The fourth-order valence-electron chi connectivity index (χ4n) is 2.85. The molecule has 162 valence electrons. The molecule has 1 heterocycles. The lowest BCUT2D eigenvalue weighted by Crippen LogP contribution is -2.32. The van der Waals surface area contributed by atoms with Crippen molar-refractivity contribution in [1.82, 2.24) is 20.1 Å². The van der Waals surface area contributed by atoms with Crippen LogP contribution in [0.2, 0.25) is 0 Å². The average Bonchev–Trinajstić information content (AvgIpc) is 3.16. The standard InChI is InChI=1S/C22H24N4O4S/c1-3-29-18-12-10-17(11-13-18)26-19(14-16-8-6-5-7-9-16)24-25-21(26)31-15-20(27)23-22(28)30-4-2/h5-13H,3-4,14-15H2,1-2H3,(H,23,27,28). The zero-order valence-electron chi connectivity index (χ0n) is 17.4. The van der Waals surface area contributed by atoms with Gasteiger partial charge in [0.05, 0.1) is 19.0 Å². The molecule has 0 aliphatic carbocycles. The van der Waals surface area contributed by atoms with Crippen LogP contribution in [0.3, 0.4) is 0 Å². The van der Waals surface area contributed by atoms with Crippen LogP contribution in [0.25, 0.3) is 5.69 Å². The monoisotopic (exact) mass is 440 g/mol. The summed E-state index contributed by atoms with van der Waals surface area (Å²) in [6, 6.07) is 17.6. The van der Waals surface area contributed by atoms with Crippen molar-refractivity contribution in [2.75, 3.05) is 19.0 Å². The van der Waals surface area contributed by atoms with E-state index in [0.29, 0.717) is 18.2 Å². The number of ether oxygens (including phenoxy) is 2. The second-order valence-corrected chi connectivity index (χ2v) is 7.32. The van der Waals surface area contributed by atoms with Gasteiger partial charge < -0.3 is 9.47 Å². The van der Waals surface area contributed by atoms with Gasteiger partial charge in [0, 0.05) is 12.1 Å². The summed E-state index contributed by atoms with van der Waals surface area (Å²) >= 11 is 1.19. The van der Waals surface area contributed by atoms with Crippen molar-refractivity contribution in [1.29, 1.82) is 0 Å². The Bertz CT molecular complexity index is 1010. The molecule has 3 aromatic rings. The number of rotatable bonds is 9. The van der Waals surface area contributed by atoms with Crippen molar-refractivity contribution in [3.05, 3.63) is 66.0 Å². The molecule has 2 aromatic carbocycles. The van der Waals surface area contributed by atoms with Crippen LogP contribution in [0.15, 0.2) is 59.8 Å². The molecule has 3 rings (SSSR count). The van der Waals surface area contributed by atoms with Gasteiger partial charge in [0.15, 0.2) is 5.16 Å². The van der Waals surface area contributed by atoms with Gasteiger partial charge in [-0.1, -0.05) is 42.1 Å². The van der Waals surface area contributed by atoms with Crippen molar-refractivity contribution in [2.45, 2.75) is 25.4 Å². The molecule has 0 radical (unpaired) electrons. The summed E-state index contributed by atoms with van der Waals surface area (Å²) in [7, 11) is 0. The van der Waals surface area contributed by atoms with Crippen molar-refractivity contribution >= 4 is 23.8 Å². The van der Waals surface area contributed by atoms with Gasteiger partial charge in [-0.05, 0) is 43.7 Å². The van der Waals surface area contributed by atoms with Gasteiger partial charge in [-0.25, -0.2) is 4.79 Å². The predicted octanol–water partition coefficient (Wildman–Crippen LogP) is 3.62. The van der Waals surface area contributed by atoms with E-state index in [2.05, 4.69) is 15.5 Å². The first-order valence-electron chi connectivity index (χ1n) is 9.91. The van der Waals surface area contributed by atoms with Crippen molar-refractivity contribution in [2.24, 2.45) is 0 Å². The van der Waals surface area contributed by atoms with Gasteiger partial charge in [0.1, 0.15) is 11.6 Å². The molecule has 0 saturated heterocycles. The zero-order chi connectivity index (χ0) is 22.1. The van der Waals surface area contributed by atoms with Gasteiger partial charge in [-0.15, -0.1) is 10.2 Å². The van der Waals surface area contributed by atoms with Crippen molar-refractivity contribution < 1.29 is 19.1 Å². The van der Waals surface area contributed by atoms with E-state index in [4.69, 9.17) is 9.47 Å². The topological polar surface area (TPSA) is 95.3 Å². The Hall–Kier alpha value is -3.33. The van der Waals surface area contributed by atoms with E-state index in [0.717, 1.165) is 22.8 Å². The molecular weight excluding hydrogens is 416 g/mol. The van der Waals surface area contributed by atoms with Crippen molar-refractivity contribution in [3.63, 3.8) is 0 Å². The number of aromatic nitrogens is 3. The number of hydrogen-bond donors (Lipinski definition) is 1. The normalized spacial score (nSPS) is 10.5. The Labute approximate surface area is 185 Å². The van der Waals surface area contributed by atoms with Gasteiger partial charge in [0.25, 0.3) is 0 Å². The van der Waals surface area contributed by atoms with Crippen LogP contribution < -0.4 is 10.1 Å². The lowest BCUT2D eigenvalue weighted by Gasteiger charge is -2.11. The van der Waals surface area contributed by atoms with E-state index < -0.39 is 12.0 Å². The molecule has 0 bridgehead atoms. The molecule has 0 saturated carbocycles. The largest absolute Gasteiger partial charge is 0.494 e. The maximum atomic E-state index is 12.1. The van der Waals surface area contributed by atoms with E-state index in [9.17, 15) is 9.59 Å². The maximum Gasteiger partial charge on any atom is 0.413 e. The maximum absolute atomic E-state index is 12.1. The Morgan fingerprint density at radius 2 is 1.74 bits per heavy atom. The van der Waals surface area contributed by atoms with Gasteiger partial charge >= 0.3 is 6.09 Å². The Kier molecular flexibility index (Phi) is 8.05. The fourth-order valence-corrected chi connectivity index (χ4v) is 3.62. The molecule has 0 unspecified atom stereocenters. The quantitative estimate of drug-likeness (QED) is 0.508. The number of benzene rings is 2. The Morgan fingerprint density at radius 1 is 1.00 bits per heavy atom. The van der Waals surface area contributed by atoms with Crippen molar-refractivity contribution in [3.8, 4) is 11.4 Å². The number of nitrogens with zero attached hydrogens (tertiary/aromatic N) is 3. The average molecular weight is 441 g/mol. The highest BCUT2D eigenvalue weighted by Crippen LogP contribution is 2.25. The van der Waals surface area contributed by atoms with E-state index in [1.807, 2.05) is 66.1 Å². The molecule has 0 aliphatic heterocycles. The van der Waals surface area contributed by atoms with Crippen LogP contribution >= 0.6 is 11.8 Å². The molecule has 1 N–H and O–H groups in total. The van der Waals surface area contributed by atoms with Crippen LogP contribution in [0.4, 0.5) is 4.79 Å². The summed E-state index contributed by atoms with van der Waals surface area (Å²) in [6.07, 6.45) is -0.178. The lowest BCUT2D eigenvalue weighted by atomic mass is 10.1. The highest BCUT2D eigenvalue weighted by atomic mass is 32.2. The fraction of sp³-hybridized carbons (Fsp3) is 0.273.